The Balaban J connectivity index is 2.02. The molecule has 1 N–H and O–H groups in total. The van der Waals surface area contributed by atoms with Crippen LogP contribution in [0, 0.1) is 0 Å². The molecular weight excluding hydrogens is 246 g/mol. The number of nitrogens with zero attached hydrogens (tertiary/aromatic N) is 3. The molecule has 0 saturated carbocycles. The van der Waals surface area contributed by atoms with Gasteiger partial charge in [-0.3, -0.25) is 0 Å². The van der Waals surface area contributed by atoms with Crippen LogP contribution in [0.2, 0.25) is 0 Å². The summed E-state index contributed by atoms with van der Waals surface area (Å²) in [5.41, 5.74) is 0.317. The number of likely N-dealkylation sites (tertiary alicyclic amines) is 1. The number of rotatable bonds is 2. The fourth-order valence-electron chi connectivity index (χ4n) is 2.51. The first-order chi connectivity index (χ1) is 9.00. The monoisotopic (exact) mass is 265 g/mol. The fourth-order valence-corrected chi connectivity index (χ4v) is 2.51. The summed E-state index contributed by atoms with van der Waals surface area (Å²) in [4.78, 5) is 26.3. The summed E-state index contributed by atoms with van der Waals surface area (Å²) in [6, 6.07) is 3.54. The number of aromatic carboxylic acids is 1. The van der Waals surface area contributed by atoms with Gasteiger partial charge in [0.2, 0.25) is 0 Å². The Morgan fingerprint density at radius 3 is 2.47 bits per heavy atom. The maximum absolute atomic E-state index is 11.8. The Labute approximate surface area is 112 Å². The number of amides is 2. The van der Waals surface area contributed by atoms with Gasteiger partial charge in [-0.2, -0.15) is 0 Å². The van der Waals surface area contributed by atoms with Gasteiger partial charge in [-0.1, -0.05) is 0 Å². The zero-order valence-corrected chi connectivity index (χ0v) is 11.2. The number of urea groups is 1. The molecule has 6 heteroatoms. The molecule has 1 fully saturated rings. The molecule has 1 aliphatic heterocycles. The third kappa shape index (κ3) is 2.72. The van der Waals surface area contributed by atoms with Gasteiger partial charge in [-0.25, -0.2) is 9.59 Å². The number of aromatic nitrogens is 1. The second-order valence-electron chi connectivity index (χ2n) is 5.00. The number of carboxylic acids is 1. The zero-order valence-electron chi connectivity index (χ0n) is 11.2. The highest BCUT2D eigenvalue weighted by Crippen LogP contribution is 2.24. The predicted octanol–water partition coefficient (Wildman–Crippen LogP) is 1.50. The van der Waals surface area contributed by atoms with Crippen LogP contribution in [0.3, 0.4) is 0 Å². The number of carboxylic acid groups (broad SMARTS) is 1. The lowest BCUT2D eigenvalue weighted by atomic mass is 10.0. The number of carbonyl (C=O) groups is 2. The van der Waals surface area contributed by atoms with Crippen LogP contribution in [0.1, 0.15) is 29.4 Å². The van der Waals surface area contributed by atoms with Gasteiger partial charge in [0.05, 0.1) is 0 Å². The molecule has 1 aliphatic rings. The largest absolute Gasteiger partial charge is 0.477 e. The van der Waals surface area contributed by atoms with E-state index < -0.39 is 5.97 Å². The van der Waals surface area contributed by atoms with Gasteiger partial charge in [0.1, 0.15) is 5.69 Å². The Kier molecular flexibility index (Phi) is 3.78. The van der Waals surface area contributed by atoms with Crippen LogP contribution in [-0.4, -0.2) is 58.7 Å². The van der Waals surface area contributed by atoms with Crippen LogP contribution in [-0.2, 0) is 0 Å². The number of piperidine rings is 1. The SMILES string of the molecule is CN(C)C(=O)N1CCC(n2cccc2C(=O)O)CC1. The van der Waals surface area contributed by atoms with Crippen molar-refractivity contribution in [3.05, 3.63) is 24.0 Å². The highest BCUT2D eigenvalue weighted by molar-refractivity contribution is 5.85. The Morgan fingerprint density at radius 2 is 1.95 bits per heavy atom. The lowest BCUT2D eigenvalue weighted by Crippen LogP contribution is -2.44. The lowest BCUT2D eigenvalue weighted by Gasteiger charge is -2.34. The molecule has 0 unspecified atom stereocenters. The minimum absolute atomic E-state index is 0.0180. The molecule has 0 aliphatic carbocycles. The quantitative estimate of drug-likeness (QED) is 0.881. The first-order valence-electron chi connectivity index (χ1n) is 6.37. The lowest BCUT2D eigenvalue weighted by molar-refractivity contribution is 0.0678. The van der Waals surface area contributed by atoms with E-state index in [1.807, 2.05) is 0 Å². The standard InChI is InChI=1S/C13H19N3O3/c1-14(2)13(19)15-8-5-10(6-9-15)16-7-3-4-11(16)12(17)18/h3-4,7,10H,5-6,8-9H2,1-2H3,(H,17,18). The molecule has 0 aromatic carbocycles. The first-order valence-corrected chi connectivity index (χ1v) is 6.37. The Morgan fingerprint density at radius 1 is 1.32 bits per heavy atom. The van der Waals surface area contributed by atoms with Gasteiger partial charge in [-0.05, 0) is 25.0 Å². The molecular formula is C13H19N3O3. The van der Waals surface area contributed by atoms with Crippen molar-refractivity contribution in [3.8, 4) is 0 Å². The summed E-state index contributed by atoms with van der Waals surface area (Å²) >= 11 is 0. The van der Waals surface area contributed by atoms with E-state index in [2.05, 4.69) is 0 Å². The molecule has 1 aromatic heterocycles. The molecule has 2 heterocycles. The molecule has 1 aromatic rings. The van der Waals surface area contributed by atoms with E-state index in [4.69, 9.17) is 5.11 Å². The van der Waals surface area contributed by atoms with Gasteiger partial charge >= 0.3 is 12.0 Å². The van der Waals surface area contributed by atoms with Gasteiger partial charge in [0.25, 0.3) is 0 Å². The van der Waals surface area contributed by atoms with Crippen molar-refractivity contribution in [2.75, 3.05) is 27.2 Å². The minimum Gasteiger partial charge on any atom is -0.477 e. The Bertz CT molecular complexity index is 473. The highest BCUT2D eigenvalue weighted by Gasteiger charge is 2.26. The highest BCUT2D eigenvalue weighted by atomic mass is 16.4. The second-order valence-corrected chi connectivity index (χ2v) is 5.00. The molecule has 104 valence electrons. The topological polar surface area (TPSA) is 65.8 Å². The van der Waals surface area contributed by atoms with E-state index >= 15 is 0 Å². The number of carbonyl (C=O) groups excluding carboxylic acids is 1. The van der Waals surface area contributed by atoms with Crippen molar-refractivity contribution in [2.45, 2.75) is 18.9 Å². The van der Waals surface area contributed by atoms with E-state index in [-0.39, 0.29) is 12.1 Å². The van der Waals surface area contributed by atoms with E-state index in [0.29, 0.717) is 18.8 Å². The average molecular weight is 265 g/mol. The Hall–Kier alpha value is -1.98. The third-order valence-corrected chi connectivity index (χ3v) is 3.51. The number of hydrogen-bond acceptors (Lipinski definition) is 2. The smallest absolute Gasteiger partial charge is 0.352 e. The van der Waals surface area contributed by atoms with Gasteiger partial charge in [0, 0.05) is 39.4 Å². The molecule has 2 amide bonds. The second kappa shape index (κ2) is 5.34. The summed E-state index contributed by atoms with van der Waals surface area (Å²) in [6.07, 6.45) is 3.38. The summed E-state index contributed by atoms with van der Waals surface area (Å²) in [5, 5.41) is 9.11. The molecule has 6 nitrogen and oxygen atoms in total. The van der Waals surface area contributed by atoms with Gasteiger partial charge in [-0.15, -0.1) is 0 Å². The van der Waals surface area contributed by atoms with Crippen molar-refractivity contribution < 1.29 is 14.7 Å². The van der Waals surface area contributed by atoms with Crippen molar-refractivity contribution in [2.24, 2.45) is 0 Å². The molecule has 2 rings (SSSR count). The maximum atomic E-state index is 11.8. The van der Waals surface area contributed by atoms with Crippen LogP contribution in [0.4, 0.5) is 4.79 Å². The van der Waals surface area contributed by atoms with Crippen LogP contribution >= 0.6 is 0 Å². The molecule has 19 heavy (non-hydrogen) atoms. The van der Waals surface area contributed by atoms with Crippen molar-refractivity contribution >= 4 is 12.0 Å². The maximum Gasteiger partial charge on any atom is 0.352 e. The molecule has 0 atom stereocenters. The summed E-state index contributed by atoms with van der Waals surface area (Å²) < 4.78 is 1.81. The molecule has 0 spiro atoms. The van der Waals surface area contributed by atoms with Crippen LogP contribution in [0.5, 0.6) is 0 Å². The normalized spacial score (nSPS) is 16.4. The first kappa shape index (κ1) is 13.5. The zero-order chi connectivity index (χ0) is 14.0. The van der Waals surface area contributed by atoms with E-state index in [1.165, 1.54) is 0 Å². The summed E-state index contributed by atoms with van der Waals surface area (Å²) in [6.45, 7) is 1.33. The van der Waals surface area contributed by atoms with Crippen LogP contribution < -0.4 is 0 Å². The van der Waals surface area contributed by atoms with Gasteiger partial charge < -0.3 is 19.5 Å². The van der Waals surface area contributed by atoms with Crippen molar-refractivity contribution in [1.82, 2.24) is 14.4 Å². The molecule has 0 bridgehead atoms. The van der Waals surface area contributed by atoms with Gasteiger partial charge in [0.15, 0.2) is 0 Å². The average Bonchev–Trinajstić information content (AvgIpc) is 2.87. The third-order valence-electron chi connectivity index (χ3n) is 3.51. The van der Waals surface area contributed by atoms with Crippen LogP contribution in [0.15, 0.2) is 18.3 Å². The van der Waals surface area contributed by atoms with Crippen LogP contribution in [0.25, 0.3) is 0 Å². The summed E-state index contributed by atoms with van der Waals surface area (Å²) in [5.74, 6) is -0.906. The van der Waals surface area contributed by atoms with E-state index in [9.17, 15) is 9.59 Å². The number of hydrogen-bond donors (Lipinski definition) is 1. The minimum atomic E-state index is -0.906. The molecule has 0 radical (unpaired) electrons. The van der Waals surface area contributed by atoms with E-state index in [1.54, 1.807) is 46.8 Å². The summed E-state index contributed by atoms with van der Waals surface area (Å²) in [7, 11) is 3.48. The van der Waals surface area contributed by atoms with Crippen molar-refractivity contribution in [1.29, 1.82) is 0 Å². The van der Waals surface area contributed by atoms with Crippen molar-refractivity contribution in [3.63, 3.8) is 0 Å². The fraction of sp³-hybridized carbons (Fsp3) is 0.538. The predicted molar refractivity (Wildman–Crippen MR) is 70.3 cm³/mol. The van der Waals surface area contributed by atoms with E-state index in [0.717, 1.165) is 12.8 Å². The molecule has 1 saturated heterocycles.